The van der Waals surface area contributed by atoms with Gasteiger partial charge in [-0.2, -0.15) is 0 Å². The number of furan rings is 1. The molecule has 0 amide bonds. The summed E-state index contributed by atoms with van der Waals surface area (Å²) in [4.78, 5) is 6.68. The minimum Gasteiger partial charge on any atom is -0.459 e. The highest BCUT2D eigenvalue weighted by molar-refractivity contribution is 14.0. The standard InChI is InChI=1S/C19H24BrN3O2.HI/c1-21-19(23-10-9-14(12-23)13-24-2)22-11-17-7-8-18(25-17)15-3-5-16(20)6-4-15;/h3-8,14H,9-13H2,1-2H3,(H,21,22);1H. The molecule has 1 aliphatic heterocycles. The van der Waals surface area contributed by atoms with Gasteiger partial charge in [0.25, 0.3) is 0 Å². The molecule has 1 aromatic heterocycles. The van der Waals surface area contributed by atoms with Gasteiger partial charge in [-0.15, -0.1) is 24.0 Å². The highest BCUT2D eigenvalue weighted by Gasteiger charge is 2.24. The van der Waals surface area contributed by atoms with Crippen LogP contribution >= 0.6 is 39.9 Å². The Kier molecular flexibility index (Phi) is 8.43. The second kappa shape index (κ2) is 10.3. The van der Waals surface area contributed by atoms with E-state index < -0.39 is 0 Å². The van der Waals surface area contributed by atoms with Crippen LogP contribution in [0.5, 0.6) is 0 Å². The lowest BCUT2D eigenvalue weighted by Gasteiger charge is -2.21. The van der Waals surface area contributed by atoms with Crippen molar-refractivity contribution in [2.75, 3.05) is 33.9 Å². The Morgan fingerprint density at radius 3 is 2.77 bits per heavy atom. The summed E-state index contributed by atoms with van der Waals surface area (Å²) < 4.78 is 12.3. The maximum atomic E-state index is 5.96. The molecule has 5 nitrogen and oxygen atoms in total. The van der Waals surface area contributed by atoms with Crippen LogP contribution in [0.3, 0.4) is 0 Å². The fourth-order valence-corrected chi connectivity index (χ4v) is 3.40. The average molecular weight is 534 g/mol. The molecule has 7 heteroatoms. The van der Waals surface area contributed by atoms with Crippen LogP contribution in [0.15, 0.2) is 50.3 Å². The molecule has 1 fully saturated rings. The molecule has 2 heterocycles. The lowest BCUT2D eigenvalue weighted by atomic mass is 10.1. The van der Waals surface area contributed by atoms with E-state index in [4.69, 9.17) is 9.15 Å². The molecule has 1 aromatic carbocycles. The Labute approximate surface area is 180 Å². The maximum absolute atomic E-state index is 5.96. The van der Waals surface area contributed by atoms with E-state index in [2.05, 4.69) is 31.1 Å². The summed E-state index contributed by atoms with van der Waals surface area (Å²) in [6.45, 7) is 3.42. The van der Waals surface area contributed by atoms with Gasteiger partial charge in [0.2, 0.25) is 0 Å². The molecule has 3 rings (SSSR count). The van der Waals surface area contributed by atoms with Gasteiger partial charge in [-0.25, -0.2) is 0 Å². The van der Waals surface area contributed by atoms with Crippen LogP contribution in [0.25, 0.3) is 11.3 Å². The molecule has 1 unspecified atom stereocenters. The molecule has 26 heavy (non-hydrogen) atoms. The van der Waals surface area contributed by atoms with Gasteiger partial charge in [-0.3, -0.25) is 4.99 Å². The number of hydrogen-bond acceptors (Lipinski definition) is 3. The van der Waals surface area contributed by atoms with Gasteiger partial charge in [0.05, 0.1) is 13.2 Å². The Morgan fingerprint density at radius 2 is 2.08 bits per heavy atom. The number of methoxy groups -OCH3 is 1. The third kappa shape index (κ3) is 5.47. The molecule has 1 N–H and O–H groups in total. The topological polar surface area (TPSA) is 50.0 Å². The van der Waals surface area contributed by atoms with Crippen molar-refractivity contribution in [2.24, 2.45) is 10.9 Å². The van der Waals surface area contributed by atoms with Crippen LogP contribution < -0.4 is 5.32 Å². The summed E-state index contributed by atoms with van der Waals surface area (Å²) in [5.41, 5.74) is 1.07. The molecule has 142 valence electrons. The number of nitrogens with one attached hydrogen (secondary N) is 1. The number of hydrogen-bond donors (Lipinski definition) is 1. The molecule has 0 saturated carbocycles. The van der Waals surface area contributed by atoms with Crippen LogP contribution in [0, 0.1) is 5.92 Å². The molecular weight excluding hydrogens is 509 g/mol. The van der Waals surface area contributed by atoms with Crippen molar-refractivity contribution in [3.05, 3.63) is 46.6 Å². The van der Waals surface area contributed by atoms with Crippen molar-refractivity contribution in [2.45, 2.75) is 13.0 Å². The summed E-state index contributed by atoms with van der Waals surface area (Å²) in [6, 6.07) is 12.1. The van der Waals surface area contributed by atoms with Crippen LogP contribution in [0.2, 0.25) is 0 Å². The number of benzene rings is 1. The summed E-state index contributed by atoms with van der Waals surface area (Å²) >= 11 is 3.45. The normalized spacial score (nSPS) is 17.3. The monoisotopic (exact) mass is 533 g/mol. The smallest absolute Gasteiger partial charge is 0.194 e. The van der Waals surface area contributed by atoms with E-state index >= 15 is 0 Å². The first-order chi connectivity index (χ1) is 12.2. The van der Waals surface area contributed by atoms with Crippen molar-refractivity contribution in [1.82, 2.24) is 10.2 Å². The van der Waals surface area contributed by atoms with E-state index in [0.717, 1.165) is 53.6 Å². The Balaban J connectivity index is 0.00000243. The summed E-state index contributed by atoms with van der Waals surface area (Å²) in [5.74, 6) is 3.27. The van der Waals surface area contributed by atoms with Crippen LogP contribution in [0.1, 0.15) is 12.2 Å². The number of rotatable bonds is 5. The highest BCUT2D eigenvalue weighted by atomic mass is 127. The van der Waals surface area contributed by atoms with E-state index in [0.29, 0.717) is 12.5 Å². The van der Waals surface area contributed by atoms with Gasteiger partial charge in [0.15, 0.2) is 5.96 Å². The quantitative estimate of drug-likeness (QED) is 0.352. The second-order valence-corrected chi connectivity index (χ2v) is 7.15. The lowest BCUT2D eigenvalue weighted by Crippen LogP contribution is -2.39. The van der Waals surface area contributed by atoms with Gasteiger partial charge in [0, 0.05) is 43.2 Å². The largest absolute Gasteiger partial charge is 0.459 e. The first kappa shape index (κ1) is 21.2. The Hall–Kier alpha value is -1.06. The third-order valence-electron chi connectivity index (χ3n) is 4.41. The zero-order valence-electron chi connectivity index (χ0n) is 15.1. The van der Waals surface area contributed by atoms with Crippen LogP contribution in [-0.4, -0.2) is 44.7 Å². The number of halogens is 2. The molecule has 2 aromatic rings. The van der Waals surface area contributed by atoms with E-state index in [1.165, 1.54) is 0 Å². The number of aliphatic imine (C=N–C) groups is 1. The molecular formula is C19H25BrIN3O2. The van der Waals surface area contributed by atoms with Gasteiger partial charge in [-0.05, 0) is 30.7 Å². The number of nitrogens with zero attached hydrogens (tertiary/aromatic N) is 2. The first-order valence-electron chi connectivity index (χ1n) is 8.48. The number of likely N-dealkylation sites (tertiary alicyclic amines) is 1. The van der Waals surface area contributed by atoms with Crippen molar-refractivity contribution in [3.8, 4) is 11.3 Å². The predicted octanol–water partition coefficient (Wildman–Crippen LogP) is 4.37. The van der Waals surface area contributed by atoms with Gasteiger partial charge in [0.1, 0.15) is 11.5 Å². The molecule has 1 atom stereocenters. The zero-order valence-corrected chi connectivity index (χ0v) is 19.0. The summed E-state index contributed by atoms with van der Waals surface area (Å²) in [5, 5.41) is 3.40. The fraction of sp³-hybridized carbons (Fsp3) is 0.421. The maximum Gasteiger partial charge on any atom is 0.194 e. The summed E-state index contributed by atoms with van der Waals surface area (Å²) in [6.07, 6.45) is 1.14. The second-order valence-electron chi connectivity index (χ2n) is 6.23. The molecule has 1 aliphatic rings. The minimum absolute atomic E-state index is 0. The van der Waals surface area contributed by atoms with E-state index in [-0.39, 0.29) is 24.0 Å². The molecule has 0 aliphatic carbocycles. The van der Waals surface area contributed by atoms with Crippen molar-refractivity contribution in [1.29, 1.82) is 0 Å². The number of ether oxygens (including phenoxy) is 1. The predicted molar refractivity (Wildman–Crippen MR) is 119 cm³/mol. The lowest BCUT2D eigenvalue weighted by molar-refractivity contribution is 0.157. The summed E-state index contributed by atoms with van der Waals surface area (Å²) in [7, 11) is 3.58. The molecule has 0 bridgehead atoms. The van der Waals surface area contributed by atoms with Gasteiger partial charge >= 0.3 is 0 Å². The van der Waals surface area contributed by atoms with Gasteiger partial charge < -0.3 is 19.4 Å². The zero-order chi connectivity index (χ0) is 17.6. The van der Waals surface area contributed by atoms with Crippen molar-refractivity contribution < 1.29 is 9.15 Å². The minimum atomic E-state index is 0. The Bertz CT molecular complexity index is 718. The van der Waals surface area contributed by atoms with E-state index in [1.807, 2.05) is 43.4 Å². The van der Waals surface area contributed by atoms with E-state index in [1.54, 1.807) is 7.11 Å². The highest BCUT2D eigenvalue weighted by Crippen LogP contribution is 2.24. The van der Waals surface area contributed by atoms with Crippen molar-refractivity contribution in [3.63, 3.8) is 0 Å². The van der Waals surface area contributed by atoms with E-state index in [9.17, 15) is 0 Å². The van der Waals surface area contributed by atoms with Crippen LogP contribution in [0.4, 0.5) is 0 Å². The van der Waals surface area contributed by atoms with Crippen LogP contribution in [-0.2, 0) is 11.3 Å². The van der Waals surface area contributed by atoms with Crippen molar-refractivity contribution >= 4 is 45.9 Å². The first-order valence-corrected chi connectivity index (χ1v) is 9.28. The third-order valence-corrected chi connectivity index (χ3v) is 4.94. The average Bonchev–Trinajstić information content (AvgIpc) is 3.27. The molecule has 0 spiro atoms. The molecule has 1 saturated heterocycles. The SMILES string of the molecule is CN=C(NCc1ccc(-c2ccc(Br)cc2)o1)N1CCC(COC)C1.I. The number of guanidine groups is 1. The molecule has 0 radical (unpaired) electrons. The Morgan fingerprint density at radius 1 is 1.31 bits per heavy atom. The van der Waals surface area contributed by atoms with Gasteiger partial charge in [-0.1, -0.05) is 28.1 Å². The fourth-order valence-electron chi connectivity index (χ4n) is 3.14.